The summed E-state index contributed by atoms with van der Waals surface area (Å²) in [5.74, 6) is -1.48. The van der Waals surface area contributed by atoms with E-state index >= 15 is 0 Å². The number of hydrogen-bond donors (Lipinski definition) is 2. The van der Waals surface area contributed by atoms with Gasteiger partial charge in [0.25, 0.3) is 0 Å². The lowest BCUT2D eigenvalue weighted by Crippen LogP contribution is -2.57. The van der Waals surface area contributed by atoms with Crippen molar-refractivity contribution in [3.05, 3.63) is 40.9 Å². The Kier molecular flexibility index (Phi) is 5.31. The van der Waals surface area contributed by atoms with Crippen molar-refractivity contribution in [2.45, 2.75) is 44.1 Å². The van der Waals surface area contributed by atoms with Gasteiger partial charge in [-0.1, -0.05) is 54.5 Å². The molecule has 2 aliphatic rings. The van der Waals surface area contributed by atoms with E-state index in [9.17, 15) is 14.4 Å². The van der Waals surface area contributed by atoms with Gasteiger partial charge in [0.2, 0.25) is 22.9 Å². The smallest absolute Gasteiger partial charge is 0.243 e. The van der Waals surface area contributed by atoms with Crippen molar-refractivity contribution >= 4 is 34.2 Å². The molecule has 8 nitrogen and oxygen atoms in total. The van der Waals surface area contributed by atoms with Gasteiger partial charge in [0.05, 0.1) is 5.92 Å². The molecule has 1 aromatic heterocycles. The Morgan fingerprint density at radius 2 is 1.93 bits per heavy atom. The summed E-state index contributed by atoms with van der Waals surface area (Å²) in [7, 11) is 0. The quantitative estimate of drug-likeness (QED) is 0.742. The van der Waals surface area contributed by atoms with Crippen LogP contribution in [0.5, 0.6) is 0 Å². The minimum Gasteiger partial charge on any atom is -0.368 e. The molecule has 1 atom stereocenters. The van der Waals surface area contributed by atoms with Gasteiger partial charge >= 0.3 is 0 Å². The molecule has 1 saturated carbocycles. The van der Waals surface area contributed by atoms with Gasteiger partial charge in [0.1, 0.15) is 10.5 Å². The molecule has 29 heavy (non-hydrogen) atoms. The summed E-state index contributed by atoms with van der Waals surface area (Å²) in [6, 6.07) is 9.92. The molecule has 1 aliphatic carbocycles. The number of rotatable bonds is 6. The summed E-state index contributed by atoms with van der Waals surface area (Å²) in [5.41, 5.74) is 5.69. The van der Waals surface area contributed by atoms with Crippen LogP contribution < -0.4 is 16.0 Å². The van der Waals surface area contributed by atoms with Crippen LogP contribution in [0.15, 0.2) is 30.3 Å². The van der Waals surface area contributed by atoms with E-state index in [1.54, 1.807) is 0 Å². The molecule has 0 radical (unpaired) electrons. The van der Waals surface area contributed by atoms with Gasteiger partial charge in [-0.05, 0) is 18.4 Å². The second-order valence-electron chi connectivity index (χ2n) is 7.69. The Hall–Kier alpha value is -2.81. The van der Waals surface area contributed by atoms with Crippen molar-refractivity contribution in [2.24, 2.45) is 11.7 Å². The molecule has 2 aromatic rings. The standard InChI is InChI=1S/C20H23N5O3S/c21-18(28)20(8-4-5-9-20)22-17(27)14-11-16(26)25(12-14)19-24-23-15(29-19)10-13-6-2-1-3-7-13/h1-3,6-7,14H,4-5,8-12H2,(H2,21,28)(H,22,27). The zero-order valence-electron chi connectivity index (χ0n) is 16.0. The molecular formula is C20H23N5O3S. The van der Waals surface area contributed by atoms with Gasteiger partial charge in [-0.15, -0.1) is 10.2 Å². The number of benzene rings is 1. The van der Waals surface area contributed by atoms with E-state index in [1.165, 1.54) is 16.2 Å². The summed E-state index contributed by atoms with van der Waals surface area (Å²) in [5, 5.41) is 12.5. The first-order valence-electron chi connectivity index (χ1n) is 9.75. The number of carbonyl (C=O) groups is 3. The number of nitrogens with zero attached hydrogens (tertiary/aromatic N) is 3. The topological polar surface area (TPSA) is 118 Å². The van der Waals surface area contributed by atoms with E-state index in [0.29, 0.717) is 24.4 Å². The summed E-state index contributed by atoms with van der Waals surface area (Å²) < 4.78 is 0. The zero-order chi connectivity index (χ0) is 20.4. The van der Waals surface area contributed by atoms with Crippen LogP contribution in [0.25, 0.3) is 0 Å². The largest absolute Gasteiger partial charge is 0.368 e. The predicted octanol–water partition coefficient (Wildman–Crippen LogP) is 1.40. The maximum atomic E-state index is 12.7. The highest BCUT2D eigenvalue weighted by atomic mass is 32.1. The van der Waals surface area contributed by atoms with Crippen molar-refractivity contribution in [3.63, 3.8) is 0 Å². The number of carbonyl (C=O) groups excluding carboxylic acids is 3. The van der Waals surface area contributed by atoms with E-state index in [4.69, 9.17) is 5.73 Å². The minimum atomic E-state index is -0.973. The van der Waals surface area contributed by atoms with Crippen molar-refractivity contribution in [3.8, 4) is 0 Å². The number of nitrogens with two attached hydrogens (primary N) is 1. The summed E-state index contributed by atoms with van der Waals surface area (Å²) in [6.07, 6.45) is 3.55. The van der Waals surface area contributed by atoms with Gasteiger partial charge in [-0.3, -0.25) is 19.3 Å². The van der Waals surface area contributed by atoms with Crippen molar-refractivity contribution in [1.82, 2.24) is 15.5 Å². The molecule has 0 spiro atoms. The normalized spacial score (nSPS) is 20.8. The molecule has 2 fully saturated rings. The molecular weight excluding hydrogens is 390 g/mol. The average Bonchev–Trinajstić information content (AvgIpc) is 3.43. The van der Waals surface area contributed by atoms with E-state index < -0.39 is 17.4 Å². The zero-order valence-corrected chi connectivity index (χ0v) is 16.8. The Balaban J connectivity index is 1.42. The fraction of sp³-hybridized carbons (Fsp3) is 0.450. The summed E-state index contributed by atoms with van der Waals surface area (Å²) >= 11 is 1.36. The molecule has 9 heteroatoms. The molecule has 2 heterocycles. The molecule has 4 rings (SSSR count). The van der Waals surface area contributed by atoms with Crippen LogP contribution in [0, 0.1) is 5.92 Å². The highest BCUT2D eigenvalue weighted by Crippen LogP contribution is 2.32. The van der Waals surface area contributed by atoms with Crippen LogP contribution >= 0.6 is 11.3 Å². The number of nitrogens with one attached hydrogen (secondary N) is 1. The third-order valence-electron chi connectivity index (χ3n) is 5.67. The van der Waals surface area contributed by atoms with E-state index in [2.05, 4.69) is 15.5 Å². The number of primary amides is 1. The lowest BCUT2D eigenvalue weighted by Gasteiger charge is -2.28. The van der Waals surface area contributed by atoms with Crippen molar-refractivity contribution < 1.29 is 14.4 Å². The number of hydrogen-bond acceptors (Lipinski definition) is 6. The molecule has 0 bridgehead atoms. The van der Waals surface area contributed by atoms with Gasteiger partial charge in [0.15, 0.2) is 0 Å². The molecule has 3 amide bonds. The Morgan fingerprint density at radius 3 is 2.62 bits per heavy atom. The van der Waals surface area contributed by atoms with E-state index in [-0.39, 0.29) is 24.8 Å². The van der Waals surface area contributed by atoms with Gasteiger partial charge in [-0.25, -0.2) is 0 Å². The molecule has 1 aromatic carbocycles. The SMILES string of the molecule is NC(=O)C1(NC(=O)C2CC(=O)N(c3nnc(Cc4ccccc4)s3)C2)CCCC1. The first-order chi connectivity index (χ1) is 14.0. The van der Waals surface area contributed by atoms with Crippen LogP contribution in [0.1, 0.15) is 42.7 Å². The van der Waals surface area contributed by atoms with Crippen LogP contribution in [0.4, 0.5) is 5.13 Å². The third kappa shape index (κ3) is 4.00. The van der Waals surface area contributed by atoms with Crippen molar-refractivity contribution in [2.75, 3.05) is 11.4 Å². The van der Waals surface area contributed by atoms with E-state index in [0.717, 1.165) is 23.4 Å². The Morgan fingerprint density at radius 1 is 1.21 bits per heavy atom. The second-order valence-corrected chi connectivity index (χ2v) is 8.73. The molecule has 1 aliphatic heterocycles. The Labute approximate surface area is 172 Å². The third-order valence-corrected chi connectivity index (χ3v) is 6.62. The second kappa shape index (κ2) is 7.90. The lowest BCUT2D eigenvalue weighted by atomic mass is 9.95. The van der Waals surface area contributed by atoms with Gasteiger partial charge in [0, 0.05) is 19.4 Å². The Bertz CT molecular complexity index is 923. The molecule has 1 unspecified atom stereocenters. The highest BCUT2D eigenvalue weighted by molar-refractivity contribution is 7.15. The number of anilines is 1. The van der Waals surface area contributed by atoms with E-state index in [1.807, 2.05) is 30.3 Å². The molecule has 1 saturated heterocycles. The minimum absolute atomic E-state index is 0.0915. The maximum Gasteiger partial charge on any atom is 0.243 e. The fourth-order valence-corrected chi connectivity index (χ4v) is 4.91. The first-order valence-corrected chi connectivity index (χ1v) is 10.6. The summed E-state index contributed by atoms with van der Waals surface area (Å²) in [6.45, 7) is 0.236. The number of amides is 3. The van der Waals surface area contributed by atoms with Crippen LogP contribution in [0.3, 0.4) is 0 Å². The van der Waals surface area contributed by atoms with Gasteiger partial charge < -0.3 is 11.1 Å². The van der Waals surface area contributed by atoms with Crippen LogP contribution in [-0.4, -0.2) is 40.0 Å². The summed E-state index contributed by atoms with van der Waals surface area (Å²) in [4.78, 5) is 38.7. The number of aromatic nitrogens is 2. The van der Waals surface area contributed by atoms with Crippen LogP contribution in [-0.2, 0) is 20.8 Å². The average molecular weight is 414 g/mol. The van der Waals surface area contributed by atoms with Gasteiger partial charge in [-0.2, -0.15) is 0 Å². The molecule has 152 valence electrons. The highest BCUT2D eigenvalue weighted by Gasteiger charge is 2.44. The monoisotopic (exact) mass is 413 g/mol. The molecule has 3 N–H and O–H groups in total. The first kappa shape index (κ1) is 19.5. The van der Waals surface area contributed by atoms with Crippen molar-refractivity contribution in [1.29, 1.82) is 0 Å². The predicted molar refractivity (Wildman–Crippen MR) is 108 cm³/mol. The maximum absolute atomic E-state index is 12.7. The lowest BCUT2D eigenvalue weighted by molar-refractivity contribution is -0.133. The fourth-order valence-electron chi connectivity index (χ4n) is 4.01. The van der Waals surface area contributed by atoms with Crippen LogP contribution in [0.2, 0.25) is 0 Å².